The molecule has 13 heavy (non-hydrogen) atoms. The Labute approximate surface area is 82.1 Å². The van der Waals surface area contributed by atoms with Crippen molar-refractivity contribution in [2.24, 2.45) is 0 Å². The lowest BCUT2D eigenvalue weighted by Gasteiger charge is -2.22. The molecule has 1 aliphatic rings. The van der Waals surface area contributed by atoms with Gasteiger partial charge >= 0.3 is 0 Å². The van der Waals surface area contributed by atoms with Crippen molar-refractivity contribution in [3.05, 3.63) is 23.2 Å². The Morgan fingerprint density at radius 3 is 2.69 bits per heavy atom. The zero-order chi connectivity index (χ0) is 9.10. The van der Waals surface area contributed by atoms with Crippen molar-refractivity contribution in [1.29, 1.82) is 0 Å². The topological polar surface area (TPSA) is 35.0 Å². The molecule has 0 spiro atoms. The van der Waals surface area contributed by atoms with E-state index in [2.05, 4.69) is 9.97 Å². The highest BCUT2D eigenvalue weighted by Gasteiger charge is 2.16. The van der Waals surface area contributed by atoms with Crippen LogP contribution in [0, 0.1) is 0 Å². The first kappa shape index (κ1) is 8.91. The molecule has 1 fully saturated rings. The summed E-state index contributed by atoms with van der Waals surface area (Å²) in [7, 11) is 0. The molecule has 0 aromatic carbocycles. The van der Waals surface area contributed by atoms with Gasteiger partial charge in [-0.05, 0) is 30.9 Å². The van der Waals surface area contributed by atoms with Crippen LogP contribution in [0.1, 0.15) is 30.9 Å². The molecule has 1 aromatic heterocycles. The lowest BCUT2D eigenvalue weighted by Crippen LogP contribution is -2.11. The van der Waals surface area contributed by atoms with Crippen LogP contribution in [0.5, 0.6) is 0 Å². The SMILES string of the molecule is Clc1ncc(C2CCCCO2)cn1. The van der Waals surface area contributed by atoms with Gasteiger partial charge in [-0.2, -0.15) is 0 Å². The fourth-order valence-electron chi connectivity index (χ4n) is 1.49. The molecule has 0 saturated carbocycles. The van der Waals surface area contributed by atoms with Gasteiger partial charge in [0.05, 0.1) is 6.10 Å². The van der Waals surface area contributed by atoms with Gasteiger partial charge in [0, 0.05) is 24.6 Å². The van der Waals surface area contributed by atoms with Crippen molar-refractivity contribution < 1.29 is 4.74 Å². The monoisotopic (exact) mass is 198 g/mol. The van der Waals surface area contributed by atoms with Gasteiger partial charge in [-0.3, -0.25) is 0 Å². The summed E-state index contributed by atoms with van der Waals surface area (Å²) < 4.78 is 5.58. The van der Waals surface area contributed by atoms with Crippen molar-refractivity contribution in [2.45, 2.75) is 25.4 Å². The zero-order valence-electron chi connectivity index (χ0n) is 7.24. The van der Waals surface area contributed by atoms with Crippen molar-refractivity contribution in [2.75, 3.05) is 6.61 Å². The maximum atomic E-state index is 5.59. The molecule has 4 heteroatoms. The minimum Gasteiger partial charge on any atom is -0.373 e. The van der Waals surface area contributed by atoms with Gasteiger partial charge < -0.3 is 4.74 Å². The molecule has 1 saturated heterocycles. The summed E-state index contributed by atoms with van der Waals surface area (Å²) in [5, 5.41) is 0.291. The molecule has 0 N–H and O–H groups in total. The minimum atomic E-state index is 0.172. The molecule has 1 aromatic rings. The van der Waals surface area contributed by atoms with Crippen LogP contribution in [0.15, 0.2) is 12.4 Å². The maximum absolute atomic E-state index is 5.59. The summed E-state index contributed by atoms with van der Waals surface area (Å²) in [4.78, 5) is 7.86. The van der Waals surface area contributed by atoms with Crippen LogP contribution in [0.2, 0.25) is 5.28 Å². The molecule has 2 rings (SSSR count). The van der Waals surface area contributed by atoms with E-state index in [0.717, 1.165) is 25.0 Å². The van der Waals surface area contributed by atoms with E-state index in [1.807, 2.05) is 0 Å². The van der Waals surface area contributed by atoms with Gasteiger partial charge in [0.25, 0.3) is 0 Å². The molecular weight excluding hydrogens is 188 g/mol. The first-order valence-electron chi connectivity index (χ1n) is 4.45. The van der Waals surface area contributed by atoms with E-state index in [1.165, 1.54) is 6.42 Å². The summed E-state index contributed by atoms with van der Waals surface area (Å²) in [6.45, 7) is 0.841. The average molecular weight is 199 g/mol. The average Bonchev–Trinajstić information content (AvgIpc) is 2.20. The molecular formula is C9H11ClN2O. The number of ether oxygens (including phenoxy) is 1. The summed E-state index contributed by atoms with van der Waals surface area (Å²) in [6.07, 6.45) is 7.09. The Morgan fingerprint density at radius 1 is 1.31 bits per heavy atom. The Balaban J connectivity index is 2.10. The highest BCUT2D eigenvalue weighted by molar-refractivity contribution is 6.28. The molecule has 1 atom stereocenters. The zero-order valence-corrected chi connectivity index (χ0v) is 8.00. The smallest absolute Gasteiger partial charge is 0.222 e. The molecule has 0 aliphatic carbocycles. The standard InChI is InChI=1S/C9H11ClN2O/c10-9-11-5-7(6-12-9)8-3-1-2-4-13-8/h5-6,8H,1-4H2. The Hall–Kier alpha value is -0.670. The third-order valence-electron chi connectivity index (χ3n) is 2.19. The largest absolute Gasteiger partial charge is 0.373 e. The van der Waals surface area contributed by atoms with E-state index in [-0.39, 0.29) is 6.10 Å². The summed E-state index contributed by atoms with van der Waals surface area (Å²) in [5.41, 5.74) is 1.03. The number of hydrogen-bond acceptors (Lipinski definition) is 3. The van der Waals surface area contributed by atoms with Crippen molar-refractivity contribution in [1.82, 2.24) is 9.97 Å². The van der Waals surface area contributed by atoms with Crippen LogP contribution in [0.25, 0.3) is 0 Å². The van der Waals surface area contributed by atoms with Crippen molar-refractivity contribution >= 4 is 11.6 Å². The van der Waals surface area contributed by atoms with Crippen molar-refractivity contribution in [3.8, 4) is 0 Å². The highest BCUT2D eigenvalue weighted by Crippen LogP contribution is 2.26. The van der Waals surface area contributed by atoms with Crippen LogP contribution in [-0.4, -0.2) is 16.6 Å². The summed E-state index contributed by atoms with van der Waals surface area (Å²) in [6, 6.07) is 0. The van der Waals surface area contributed by atoms with Gasteiger partial charge in [-0.1, -0.05) is 0 Å². The third-order valence-corrected chi connectivity index (χ3v) is 2.39. The van der Waals surface area contributed by atoms with Crippen LogP contribution < -0.4 is 0 Å². The van der Waals surface area contributed by atoms with E-state index in [0.29, 0.717) is 5.28 Å². The molecule has 1 unspecified atom stereocenters. The second-order valence-corrected chi connectivity index (χ2v) is 3.48. The van der Waals surface area contributed by atoms with Crippen LogP contribution in [-0.2, 0) is 4.74 Å². The van der Waals surface area contributed by atoms with Crippen LogP contribution >= 0.6 is 11.6 Å². The molecule has 70 valence electrons. The number of aromatic nitrogens is 2. The second kappa shape index (κ2) is 4.03. The Morgan fingerprint density at radius 2 is 2.08 bits per heavy atom. The molecule has 1 aliphatic heterocycles. The normalized spacial score (nSPS) is 23.0. The predicted octanol–water partition coefficient (Wildman–Crippen LogP) is 2.37. The van der Waals surface area contributed by atoms with Crippen LogP contribution in [0.4, 0.5) is 0 Å². The van der Waals surface area contributed by atoms with E-state index in [1.54, 1.807) is 12.4 Å². The third kappa shape index (κ3) is 2.17. The fraction of sp³-hybridized carbons (Fsp3) is 0.556. The van der Waals surface area contributed by atoms with Gasteiger partial charge in [-0.15, -0.1) is 0 Å². The lowest BCUT2D eigenvalue weighted by molar-refractivity contribution is 0.0145. The minimum absolute atomic E-state index is 0.172. The highest BCUT2D eigenvalue weighted by atomic mass is 35.5. The summed E-state index contributed by atoms with van der Waals surface area (Å²) in [5.74, 6) is 0. The van der Waals surface area contributed by atoms with Crippen molar-refractivity contribution in [3.63, 3.8) is 0 Å². The summed E-state index contributed by atoms with van der Waals surface area (Å²) >= 11 is 5.59. The second-order valence-electron chi connectivity index (χ2n) is 3.14. The number of nitrogens with zero attached hydrogens (tertiary/aromatic N) is 2. The Kier molecular flexibility index (Phi) is 2.76. The number of rotatable bonds is 1. The Bertz CT molecular complexity index is 269. The molecule has 0 radical (unpaired) electrons. The molecule has 0 bridgehead atoms. The number of hydrogen-bond donors (Lipinski definition) is 0. The maximum Gasteiger partial charge on any atom is 0.222 e. The van der Waals surface area contributed by atoms with E-state index >= 15 is 0 Å². The quantitative estimate of drug-likeness (QED) is 0.650. The molecule has 3 nitrogen and oxygen atoms in total. The van der Waals surface area contributed by atoms with E-state index in [9.17, 15) is 0 Å². The fourth-order valence-corrected chi connectivity index (χ4v) is 1.59. The van der Waals surface area contributed by atoms with E-state index in [4.69, 9.17) is 16.3 Å². The lowest BCUT2D eigenvalue weighted by atomic mass is 10.0. The first-order valence-corrected chi connectivity index (χ1v) is 4.83. The van der Waals surface area contributed by atoms with E-state index < -0.39 is 0 Å². The first-order chi connectivity index (χ1) is 6.36. The van der Waals surface area contributed by atoms with Gasteiger partial charge in [0.1, 0.15) is 0 Å². The van der Waals surface area contributed by atoms with Gasteiger partial charge in [-0.25, -0.2) is 9.97 Å². The van der Waals surface area contributed by atoms with Gasteiger partial charge in [0.2, 0.25) is 5.28 Å². The number of halogens is 1. The predicted molar refractivity (Wildman–Crippen MR) is 49.6 cm³/mol. The molecule has 0 amide bonds. The van der Waals surface area contributed by atoms with Crippen LogP contribution in [0.3, 0.4) is 0 Å². The van der Waals surface area contributed by atoms with Gasteiger partial charge in [0.15, 0.2) is 0 Å². The molecule has 2 heterocycles.